The zero-order chi connectivity index (χ0) is 17.1. The van der Waals surface area contributed by atoms with Crippen molar-refractivity contribution in [3.05, 3.63) is 47.3 Å². The fraction of sp³-hybridized carbons (Fsp3) is 0.353. The van der Waals surface area contributed by atoms with E-state index in [2.05, 4.69) is 12.1 Å². The van der Waals surface area contributed by atoms with Gasteiger partial charge in [0, 0.05) is 25.3 Å². The molecule has 3 rings (SSSR count). The maximum absolute atomic E-state index is 12.7. The Balaban J connectivity index is 1.82. The minimum atomic E-state index is -0.287. The van der Waals surface area contributed by atoms with E-state index in [4.69, 9.17) is 4.52 Å². The smallest absolute Gasteiger partial charge is 0.276 e. The Morgan fingerprint density at radius 1 is 1.33 bits per heavy atom. The molecule has 7 heteroatoms. The van der Waals surface area contributed by atoms with Gasteiger partial charge < -0.3 is 14.3 Å². The third-order valence-corrected chi connectivity index (χ3v) is 4.83. The van der Waals surface area contributed by atoms with Crippen LogP contribution in [-0.4, -0.2) is 41.2 Å². The van der Waals surface area contributed by atoms with Crippen LogP contribution in [0.4, 0.5) is 5.69 Å². The summed E-state index contributed by atoms with van der Waals surface area (Å²) in [5.74, 6) is 1.90. The Morgan fingerprint density at radius 2 is 2.12 bits per heavy atom. The number of nitrogens with zero attached hydrogens (tertiary/aromatic N) is 3. The third kappa shape index (κ3) is 3.31. The first-order chi connectivity index (χ1) is 11.6. The Labute approximate surface area is 144 Å². The van der Waals surface area contributed by atoms with Crippen molar-refractivity contribution < 1.29 is 14.1 Å². The molecule has 0 saturated carbocycles. The van der Waals surface area contributed by atoms with E-state index in [1.807, 2.05) is 24.3 Å². The normalized spacial score (nSPS) is 14.5. The van der Waals surface area contributed by atoms with Gasteiger partial charge in [-0.2, -0.15) is 11.8 Å². The maximum atomic E-state index is 12.7. The Kier molecular flexibility index (Phi) is 4.89. The van der Waals surface area contributed by atoms with Gasteiger partial charge in [0.1, 0.15) is 12.3 Å². The Hall–Kier alpha value is -2.28. The molecule has 24 heavy (non-hydrogen) atoms. The second-order valence-electron chi connectivity index (χ2n) is 5.56. The lowest BCUT2D eigenvalue weighted by molar-refractivity contribution is -0.118. The predicted octanol–water partition coefficient (Wildman–Crippen LogP) is 2.55. The second kappa shape index (κ2) is 7.09. The molecule has 1 aromatic carbocycles. The predicted molar refractivity (Wildman–Crippen MR) is 92.9 cm³/mol. The SMILES string of the molecule is CCSCc1cc(C(=O)N2CC(=O)N(C)c3ccccc3C2)no1. The number of hydrogen-bond acceptors (Lipinski definition) is 5. The molecule has 0 bridgehead atoms. The largest absolute Gasteiger partial charge is 0.360 e. The highest BCUT2D eigenvalue weighted by atomic mass is 32.2. The van der Waals surface area contributed by atoms with E-state index in [0.717, 1.165) is 17.0 Å². The van der Waals surface area contributed by atoms with Gasteiger partial charge in [0.15, 0.2) is 5.69 Å². The van der Waals surface area contributed by atoms with Gasteiger partial charge in [-0.3, -0.25) is 9.59 Å². The van der Waals surface area contributed by atoms with E-state index in [-0.39, 0.29) is 24.1 Å². The molecule has 0 atom stereocenters. The van der Waals surface area contributed by atoms with Crippen LogP contribution >= 0.6 is 11.8 Å². The average molecular weight is 345 g/mol. The number of fused-ring (bicyclic) bond motifs is 1. The number of thioether (sulfide) groups is 1. The second-order valence-corrected chi connectivity index (χ2v) is 6.83. The minimum absolute atomic E-state index is 0.0237. The van der Waals surface area contributed by atoms with E-state index in [1.165, 1.54) is 4.90 Å². The third-order valence-electron chi connectivity index (χ3n) is 3.93. The average Bonchev–Trinajstić information content (AvgIpc) is 3.02. The van der Waals surface area contributed by atoms with Crippen molar-refractivity contribution in [2.24, 2.45) is 0 Å². The van der Waals surface area contributed by atoms with Gasteiger partial charge in [-0.15, -0.1) is 0 Å². The van der Waals surface area contributed by atoms with Gasteiger partial charge in [-0.1, -0.05) is 30.3 Å². The number of likely N-dealkylation sites (N-methyl/N-ethyl adjacent to an activating group) is 1. The first-order valence-electron chi connectivity index (χ1n) is 7.77. The van der Waals surface area contributed by atoms with Gasteiger partial charge >= 0.3 is 0 Å². The van der Waals surface area contributed by atoms with Crippen LogP contribution < -0.4 is 4.90 Å². The van der Waals surface area contributed by atoms with E-state index in [0.29, 0.717) is 18.1 Å². The number of para-hydroxylation sites is 1. The van der Waals surface area contributed by atoms with Crippen LogP contribution in [0.25, 0.3) is 0 Å². The monoisotopic (exact) mass is 345 g/mol. The lowest BCUT2D eigenvalue weighted by Crippen LogP contribution is -2.38. The summed E-state index contributed by atoms with van der Waals surface area (Å²) in [6.07, 6.45) is 0. The molecule has 0 aliphatic carbocycles. The molecule has 0 spiro atoms. The Bertz CT molecular complexity index is 759. The molecule has 1 aliphatic rings. The van der Waals surface area contributed by atoms with E-state index in [1.54, 1.807) is 29.8 Å². The number of rotatable bonds is 4. The van der Waals surface area contributed by atoms with Crippen LogP contribution in [0, 0.1) is 0 Å². The van der Waals surface area contributed by atoms with Crippen LogP contribution in [-0.2, 0) is 17.1 Å². The van der Waals surface area contributed by atoms with Crippen LogP contribution in [0.3, 0.4) is 0 Å². The summed E-state index contributed by atoms with van der Waals surface area (Å²) in [5, 5.41) is 3.87. The molecule has 6 nitrogen and oxygen atoms in total. The maximum Gasteiger partial charge on any atom is 0.276 e. The zero-order valence-corrected chi connectivity index (χ0v) is 14.5. The van der Waals surface area contributed by atoms with Crippen molar-refractivity contribution in [1.29, 1.82) is 0 Å². The topological polar surface area (TPSA) is 66.7 Å². The number of benzene rings is 1. The van der Waals surface area contributed by atoms with Crippen molar-refractivity contribution in [2.75, 3.05) is 24.2 Å². The number of anilines is 1. The number of aromatic nitrogens is 1. The fourth-order valence-electron chi connectivity index (χ4n) is 2.63. The molecule has 0 radical (unpaired) electrons. The minimum Gasteiger partial charge on any atom is -0.360 e. The molecule has 0 saturated heterocycles. The molecular formula is C17H19N3O3S. The summed E-state index contributed by atoms with van der Waals surface area (Å²) in [5.41, 5.74) is 2.01. The molecule has 2 heterocycles. The molecule has 1 aromatic heterocycles. The number of hydrogen-bond donors (Lipinski definition) is 0. The van der Waals surface area contributed by atoms with E-state index >= 15 is 0 Å². The van der Waals surface area contributed by atoms with Crippen LogP contribution in [0.5, 0.6) is 0 Å². The molecule has 2 aromatic rings. The van der Waals surface area contributed by atoms with Gasteiger partial charge in [0.2, 0.25) is 5.91 Å². The Morgan fingerprint density at radius 3 is 2.92 bits per heavy atom. The van der Waals surface area contributed by atoms with Crippen molar-refractivity contribution in [2.45, 2.75) is 19.2 Å². The highest BCUT2D eigenvalue weighted by Crippen LogP contribution is 2.25. The molecule has 1 aliphatic heterocycles. The number of amides is 2. The summed E-state index contributed by atoms with van der Waals surface area (Å²) in [7, 11) is 1.73. The van der Waals surface area contributed by atoms with Crippen LogP contribution in [0.2, 0.25) is 0 Å². The zero-order valence-electron chi connectivity index (χ0n) is 13.7. The molecular weight excluding hydrogens is 326 g/mol. The lowest BCUT2D eigenvalue weighted by Gasteiger charge is -2.18. The van der Waals surface area contributed by atoms with Crippen molar-refractivity contribution in [3.63, 3.8) is 0 Å². The number of carbonyl (C=O) groups excluding carboxylic acids is 2. The highest BCUT2D eigenvalue weighted by Gasteiger charge is 2.28. The summed E-state index contributed by atoms with van der Waals surface area (Å²) in [6, 6.07) is 9.26. The van der Waals surface area contributed by atoms with E-state index < -0.39 is 0 Å². The van der Waals surface area contributed by atoms with Crippen molar-refractivity contribution in [3.8, 4) is 0 Å². The molecule has 0 unspecified atom stereocenters. The van der Waals surface area contributed by atoms with Gasteiger partial charge in [0.05, 0.1) is 5.75 Å². The fourth-order valence-corrected chi connectivity index (χ4v) is 3.17. The van der Waals surface area contributed by atoms with Gasteiger partial charge in [0.25, 0.3) is 5.91 Å². The first-order valence-corrected chi connectivity index (χ1v) is 8.92. The summed E-state index contributed by atoms with van der Waals surface area (Å²) < 4.78 is 5.21. The molecule has 0 N–H and O–H groups in total. The standard InChI is InChI=1S/C17H19N3O3S/c1-3-24-11-13-8-14(18-23-13)17(22)20-9-12-6-4-5-7-15(12)19(2)16(21)10-20/h4-8H,3,9-11H2,1-2H3. The van der Waals surface area contributed by atoms with Crippen molar-refractivity contribution in [1.82, 2.24) is 10.1 Å². The van der Waals surface area contributed by atoms with Crippen molar-refractivity contribution >= 4 is 29.3 Å². The highest BCUT2D eigenvalue weighted by molar-refractivity contribution is 7.98. The van der Waals surface area contributed by atoms with Gasteiger partial charge in [-0.05, 0) is 17.4 Å². The first kappa shape index (κ1) is 16.6. The van der Waals surface area contributed by atoms with Gasteiger partial charge in [-0.25, -0.2) is 0 Å². The van der Waals surface area contributed by atoms with E-state index in [9.17, 15) is 9.59 Å². The lowest BCUT2D eigenvalue weighted by atomic mass is 10.1. The quantitative estimate of drug-likeness (QED) is 0.852. The molecule has 126 valence electrons. The summed E-state index contributed by atoms with van der Waals surface area (Å²) >= 11 is 1.70. The summed E-state index contributed by atoms with van der Waals surface area (Å²) in [6.45, 7) is 2.46. The molecule has 2 amide bonds. The van der Waals surface area contributed by atoms with Crippen LogP contribution in [0.15, 0.2) is 34.9 Å². The number of carbonyl (C=O) groups is 2. The summed E-state index contributed by atoms with van der Waals surface area (Å²) in [4.78, 5) is 28.2. The molecule has 0 fully saturated rings. The van der Waals surface area contributed by atoms with Crippen LogP contribution in [0.1, 0.15) is 28.7 Å².